The van der Waals surface area contributed by atoms with Crippen LogP contribution in [-0.4, -0.2) is 32.9 Å². The Bertz CT molecular complexity index is 959. The van der Waals surface area contributed by atoms with Gasteiger partial charge >= 0.3 is 10.1 Å². The third-order valence-electron chi connectivity index (χ3n) is 4.47. The van der Waals surface area contributed by atoms with Crippen molar-refractivity contribution >= 4 is 16.0 Å². The van der Waals surface area contributed by atoms with Crippen molar-refractivity contribution < 1.29 is 22.1 Å². The number of hydrogen-bond acceptors (Lipinski definition) is 5. The van der Waals surface area contributed by atoms with Crippen LogP contribution in [0.3, 0.4) is 0 Å². The van der Waals surface area contributed by atoms with Gasteiger partial charge in [-0.15, -0.1) is 0 Å². The van der Waals surface area contributed by atoms with Gasteiger partial charge in [-0.1, -0.05) is 46.8 Å². The van der Waals surface area contributed by atoms with Crippen LogP contribution in [-0.2, 0) is 21.5 Å². The van der Waals surface area contributed by atoms with Crippen LogP contribution in [0.4, 0.5) is 0 Å². The third-order valence-corrected chi connectivity index (χ3v) is 5.73. The molecule has 2 aromatic rings. The zero-order valence-corrected chi connectivity index (χ0v) is 20.0. The molecule has 0 bridgehead atoms. The largest absolute Gasteiger partial charge is 0.497 e. The molecule has 0 radical (unpaired) electrons. The molecule has 0 spiro atoms. The van der Waals surface area contributed by atoms with E-state index in [1.807, 2.05) is 25.7 Å². The molecular formula is C24H33NO5S. The minimum absolute atomic E-state index is 0.0493. The highest BCUT2D eigenvalue weighted by molar-refractivity contribution is 7.87. The SMILES string of the molecule is COc1ccc(S(=O)(=O)Oc2ccc(CN(CC(C)C)C(=O)CC(C)(C)C)cc2)cc1. The number of amides is 1. The summed E-state index contributed by atoms with van der Waals surface area (Å²) in [6, 6.07) is 12.8. The molecule has 0 fully saturated rings. The van der Waals surface area contributed by atoms with Gasteiger partial charge in [0.05, 0.1) is 7.11 Å². The molecule has 0 N–H and O–H groups in total. The summed E-state index contributed by atoms with van der Waals surface area (Å²) < 4.78 is 35.3. The molecular weight excluding hydrogens is 414 g/mol. The summed E-state index contributed by atoms with van der Waals surface area (Å²) in [6.45, 7) is 11.4. The van der Waals surface area contributed by atoms with Crippen molar-refractivity contribution in [3.8, 4) is 11.5 Å². The number of methoxy groups -OCH3 is 1. The molecule has 2 rings (SSSR count). The first kappa shape index (κ1) is 24.7. The highest BCUT2D eigenvalue weighted by Gasteiger charge is 2.22. The van der Waals surface area contributed by atoms with Gasteiger partial charge in [0.2, 0.25) is 5.91 Å². The quantitative estimate of drug-likeness (QED) is 0.512. The average molecular weight is 448 g/mol. The fourth-order valence-electron chi connectivity index (χ4n) is 3.05. The summed E-state index contributed by atoms with van der Waals surface area (Å²) in [7, 11) is -2.43. The normalized spacial score (nSPS) is 12.0. The molecule has 170 valence electrons. The first-order chi connectivity index (χ1) is 14.4. The van der Waals surface area contributed by atoms with Gasteiger partial charge in [-0.3, -0.25) is 4.79 Å². The van der Waals surface area contributed by atoms with E-state index < -0.39 is 10.1 Å². The van der Waals surface area contributed by atoms with Crippen molar-refractivity contribution in [2.24, 2.45) is 11.3 Å². The highest BCUT2D eigenvalue weighted by atomic mass is 32.2. The fraction of sp³-hybridized carbons (Fsp3) is 0.458. The van der Waals surface area contributed by atoms with Crippen molar-refractivity contribution in [2.45, 2.75) is 52.5 Å². The van der Waals surface area contributed by atoms with Crippen molar-refractivity contribution in [1.82, 2.24) is 4.90 Å². The minimum Gasteiger partial charge on any atom is -0.497 e. The summed E-state index contributed by atoms with van der Waals surface area (Å²) in [5, 5.41) is 0. The lowest BCUT2D eigenvalue weighted by molar-refractivity contribution is -0.134. The molecule has 31 heavy (non-hydrogen) atoms. The molecule has 0 unspecified atom stereocenters. The lowest BCUT2D eigenvalue weighted by Crippen LogP contribution is -2.35. The summed E-state index contributed by atoms with van der Waals surface area (Å²) in [5.74, 6) is 1.25. The van der Waals surface area contributed by atoms with Crippen LogP contribution in [0.25, 0.3) is 0 Å². The predicted molar refractivity (Wildman–Crippen MR) is 122 cm³/mol. The van der Waals surface area contributed by atoms with E-state index in [-0.39, 0.29) is 22.0 Å². The summed E-state index contributed by atoms with van der Waals surface area (Å²) >= 11 is 0. The van der Waals surface area contributed by atoms with Crippen LogP contribution < -0.4 is 8.92 Å². The van der Waals surface area contributed by atoms with Crippen molar-refractivity contribution in [3.05, 3.63) is 54.1 Å². The standard InChI is InChI=1S/C24H33NO5S/c1-18(2)16-25(23(26)15-24(3,4)5)17-19-7-9-21(10-8-19)30-31(27,28)22-13-11-20(29-6)12-14-22/h7-14,18H,15-17H2,1-6H3. The summed E-state index contributed by atoms with van der Waals surface area (Å²) in [5.41, 5.74) is 0.830. The van der Waals surface area contributed by atoms with Gasteiger partial charge in [0.25, 0.3) is 0 Å². The number of ether oxygens (including phenoxy) is 1. The topological polar surface area (TPSA) is 72.9 Å². The average Bonchev–Trinajstić information content (AvgIpc) is 2.67. The Morgan fingerprint density at radius 1 is 0.968 bits per heavy atom. The van der Waals surface area contributed by atoms with Crippen LogP contribution in [0.15, 0.2) is 53.4 Å². The molecule has 0 aliphatic rings. The third kappa shape index (κ3) is 7.90. The molecule has 0 saturated carbocycles. The number of hydrogen-bond donors (Lipinski definition) is 0. The number of carbonyl (C=O) groups excluding carboxylic acids is 1. The Hall–Kier alpha value is -2.54. The molecule has 0 aromatic heterocycles. The Kier molecular flexibility index (Phi) is 8.12. The molecule has 0 atom stereocenters. The van der Waals surface area contributed by atoms with Gasteiger partial charge in [0.1, 0.15) is 16.4 Å². The van der Waals surface area contributed by atoms with E-state index in [9.17, 15) is 13.2 Å². The Balaban J connectivity index is 2.10. The molecule has 6 nitrogen and oxygen atoms in total. The summed E-state index contributed by atoms with van der Waals surface area (Å²) in [6.07, 6.45) is 0.473. The van der Waals surface area contributed by atoms with E-state index in [4.69, 9.17) is 8.92 Å². The maximum atomic E-state index is 12.8. The van der Waals surface area contributed by atoms with E-state index in [0.29, 0.717) is 31.2 Å². The zero-order valence-electron chi connectivity index (χ0n) is 19.2. The van der Waals surface area contributed by atoms with Gasteiger partial charge in [-0.25, -0.2) is 0 Å². The maximum absolute atomic E-state index is 12.8. The van der Waals surface area contributed by atoms with Gasteiger partial charge in [-0.05, 0) is 53.3 Å². The second kappa shape index (κ2) is 10.2. The van der Waals surface area contributed by atoms with Crippen molar-refractivity contribution in [2.75, 3.05) is 13.7 Å². The molecule has 2 aromatic carbocycles. The summed E-state index contributed by atoms with van der Waals surface area (Å²) in [4.78, 5) is 14.7. The van der Waals surface area contributed by atoms with Crippen LogP contribution in [0.5, 0.6) is 11.5 Å². The van der Waals surface area contributed by atoms with Gasteiger partial charge in [0, 0.05) is 19.5 Å². The van der Waals surface area contributed by atoms with Gasteiger partial charge < -0.3 is 13.8 Å². The van der Waals surface area contributed by atoms with Crippen LogP contribution in [0.1, 0.15) is 46.6 Å². The molecule has 0 aliphatic carbocycles. The first-order valence-corrected chi connectivity index (χ1v) is 11.8. The Labute approximate surface area is 186 Å². The molecule has 7 heteroatoms. The Morgan fingerprint density at radius 2 is 1.52 bits per heavy atom. The lowest BCUT2D eigenvalue weighted by atomic mass is 9.91. The highest BCUT2D eigenvalue weighted by Crippen LogP contribution is 2.24. The maximum Gasteiger partial charge on any atom is 0.339 e. The molecule has 0 heterocycles. The number of nitrogens with zero attached hydrogens (tertiary/aromatic N) is 1. The second-order valence-electron chi connectivity index (χ2n) is 9.26. The molecule has 0 saturated heterocycles. The van der Waals surface area contributed by atoms with E-state index in [0.717, 1.165) is 5.56 Å². The van der Waals surface area contributed by atoms with E-state index in [1.54, 1.807) is 36.4 Å². The van der Waals surface area contributed by atoms with E-state index in [1.165, 1.54) is 19.2 Å². The minimum atomic E-state index is -3.94. The van der Waals surface area contributed by atoms with Crippen molar-refractivity contribution in [1.29, 1.82) is 0 Å². The van der Waals surface area contributed by atoms with E-state index in [2.05, 4.69) is 13.8 Å². The predicted octanol–water partition coefficient (Wildman–Crippen LogP) is 4.88. The van der Waals surface area contributed by atoms with Gasteiger partial charge in [-0.2, -0.15) is 8.42 Å². The first-order valence-electron chi connectivity index (χ1n) is 10.3. The second-order valence-corrected chi connectivity index (χ2v) is 10.8. The molecule has 1 amide bonds. The zero-order chi connectivity index (χ0) is 23.2. The van der Waals surface area contributed by atoms with Crippen LogP contribution >= 0.6 is 0 Å². The van der Waals surface area contributed by atoms with Crippen molar-refractivity contribution in [3.63, 3.8) is 0 Å². The monoisotopic (exact) mass is 447 g/mol. The smallest absolute Gasteiger partial charge is 0.339 e. The molecule has 0 aliphatic heterocycles. The van der Waals surface area contributed by atoms with E-state index >= 15 is 0 Å². The van der Waals surface area contributed by atoms with Gasteiger partial charge in [0.15, 0.2) is 0 Å². The van der Waals surface area contributed by atoms with Crippen LogP contribution in [0.2, 0.25) is 0 Å². The number of carbonyl (C=O) groups is 1. The Morgan fingerprint density at radius 3 is 2.00 bits per heavy atom. The fourth-order valence-corrected chi connectivity index (χ4v) is 3.98. The lowest BCUT2D eigenvalue weighted by Gasteiger charge is -2.28. The van der Waals surface area contributed by atoms with Crippen LogP contribution in [0, 0.1) is 11.3 Å². The number of rotatable bonds is 9. The number of benzene rings is 2.